The number of hydrogen-bond donors (Lipinski definition) is 2. The van der Waals surface area contributed by atoms with Crippen molar-refractivity contribution in [3.8, 4) is 11.5 Å². The Morgan fingerprint density at radius 3 is 2.09 bits per heavy atom. The van der Waals surface area contributed by atoms with Crippen molar-refractivity contribution in [3.05, 3.63) is 74.8 Å². The van der Waals surface area contributed by atoms with Crippen molar-refractivity contribution in [2.24, 2.45) is 0 Å². The predicted octanol–water partition coefficient (Wildman–Crippen LogP) is 6.04. The molecule has 166 valence electrons. The standard InChI is InChI=1S/C24H23ClN2O4S/c1-12-13(2)15(4)23(16(5)14(12)3)32(29,30)27-18-7-9-21-19(11-18)24(28)26-20-10-17(25)6-8-22(20)31-21/h6-11,27H,1-5H3,(H,26,28). The number of halogens is 1. The number of ether oxygens (including phenoxy) is 1. The van der Waals surface area contributed by atoms with Crippen LogP contribution in [0.3, 0.4) is 0 Å². The molecule has 2 N–H and O–H groups in total. The lowest BCUT2D eigenvalue weighted by molar-refractivity contribution is 0.102. The van der Waals surface area contributed by atoms with E-state index in [-0.39, 0.29) is 16.1 Å². The van der Waals surface area contributed by atoms with Gasteiger partial charge in [-0.25, -0.2) is 8.42 Å². The second kappa shape index (κ2) is 7.83. The van der Waals surface area contributed by atoms with Gasteiger partial charge in [0.25, 0.3) is 15.9 Å². The lowest BCUT2D eigenvalue weighted by atomic mass is 9.95. The Labute approximate surface area is 192 Å². The molecule has 0 radical (unpaired) electrons. The molecule has 8 heteroatoms. The fourth-order valence-electron chi connectivity index (χ4n) is 3.93. The molecule has 0 fully saturated rings. The third kappa shape index (κ3) is 3.72. The van der Waals surface area contributed by atoms with E-state index in [4.69, 9.17) is 16.3 Å². The molecule has 0 atom stereocenters. The number of anilines is 2. The summed E-state index contributed by atoms with van der Waals surface area (Å²) < 4.78 is 35.2. The second-order valence-corrected chi connectivity index (χ2v) is 10.0. The van der Waals surface area contributed by atoms with Gasteiger partial charge in [-0.1, -0.05) is 11.6 Å². The lowest BCUT2D eigenvalue weighted by Crippen LogP contribution is -2.18. The summed E-state index contributed by atoms with van der Waals surface area (Å²) in [4.78, 5) is 13.1. The number of nitrogens with one attached hydrogen (secondary N) is 2. The van der Waals surface area contributed by atoms with E-state index < -0.39 is 15.9 Å². The first-order valence-corrected chi connectivity index (χ1v) is 11.9. The van der Waals surface area contributed by atoms with Gasteiger partial charge in [0.2, 0.25) is 0 Å². The molecule has 1 amide bonds. The van der Waals surface area contributed by atoms with Crippen LogP contribution in [-0.4, -0.2) is 14.3 Å². The number of carbonyl (C=O) groups is 1. The number of carbonyl (C=O) groups excluding carboxylic acids is 1. The number of amides is 1. The Hall–Kier alpha value is -3.03. The van der Waals surface area contributed by atoms with Crippen LogP contribution in [0.1, 0.15) is 38.2 Å². The molecular weight excluding hydrogens is 448 g/mol. The van der Waals surface area contributed by atoms with Gasteiger partial charge in [-0.05, 0) is 98.8 Å². The van der Waals surface area contributed by atoms with E-state index in [0.29, 0.717) is 33.3 Å². The van der Waals surface area contributed by atoms with Gasteiger partial charge < -0.3 is 10.1 Å². The van der Waals surface area contributed by atoms with Crippen LogP contribution < -0.4 is 14.8 Å². The number of sulfonamides is 1. The van der Waals surface area contributed by atoms with E-state index in [1.54, 1.807) is 30.3 Å². The summed E-state index contributed by atoms with van der Waals surface area (Å²) in [5, 5.41) is 3.21. The molecule has 1 heterocycles. The molecule has 1 aliphatic heterocycles. The zero-order chi connectivity index (χ0) is 23.4. The van der Waals surface area contributed by atoms with Gasteiger partial charge in [-0.2, -0.15) is 0 Å². The summed E-state index contributed by atoms with van der Waals surface area (Å²) >= 11 is 6.02. The van der Waals surface area contributed by atoms with Crippen LogP contribution in [0.2, 0.25) is 5.02 Å². The van der Waals surface area contributed by atoms with Crippen LogP contribution in [-0.2, 0) is 10.0 Å². The summed E-state index contributed by atoms with van der Waals surface area (Å²) in [5.41, 5.74) is 5.31. The molecule has 3 aromatic rings. The summed E-state index contributed by atoms with van der Waals surface area (Å²) in [6.45, 7) is 9.45. The zero-order valence-corrected chi connectivity index (χ0v) is 20.0. The average Bonchev–Trinajstić information content (AvgIpc) is 2.86. The maximum Gasteiger partial charge on any atom is 0.262 e. The molecule has 0 bridgehead atoms. The van der Waals surface area contributed by atoms with Gasteiger partial charge in [0.15, 0.2) is 5.75 Å². The second-order valence-electron chi connectivity index (χ2n) is 7.97. The summed E-state index contributed by atoms with van der Waals surface area (Å²) in [6.07, 6.45) is 0. The smallest absolute Gasteiger partial charge is 0.262 e. The van der Waals surface area contributed by atoms with Crippen molar-refractivity contribution in [3.63, 3.8) is 0 Å². The fraction of sp³-hybridized carbons (Fsp3) is 0.208. The van der Waals surface area contributed by atoms with Crippen LogP contribution >= 0.6 is 11.6 Å². The molecule has 1 aliphatic rings. The first kappa shape index (κ1) is 22.2. The Bertz CT molecular complexity index is 1370. The minimum Gasteiger partial charge on any atom is -0.454 e. The highest BCUT2D eigenvalue weighted by molar-refractivity contribution is 7.92. The normalized spacial score (nSPS) is 12.9. The molecule has 32 heavy (non-hydrogen) atoms. The van der Waals surface area contributed by atoms with Gasteiger partial charge >= 0.3 is 0 Å². The van der Waals surface area contributed by atoms with Gasteiger partial charge in [-0.15, -0.1) is 0 Å². The lowest BCUT2D eigenvalue weighted by Gasteiger charge is -2.19. The van der Waals surface area contributed by atoms with E-state index in [0.717, 1.165) is 16.7 Å². The third-order valence-corrected chi connectivity index (χ3v) is 7.98. The van der Waals surface area contributed by atoms with Crippen molar-refractivity contribution >= 4 is 38.9 Å². The molecule has 0 saturated carbocycles. The van der Waals surface area contributed by atoms with E-state index in [9.17, 15) is 13.2 Å². The molecule has 3 aromatic carbocycles. The highest BCUT2D eigenvalue weighted by Gasteiger charge is 2.26. The molecule has 0 spiro atoms. The van der Waals surface area contributed by atoms with Crippen LogP contribution in [0.5, 0.6) is 11.5 Å². The Kier molecular flexibility index (Phi) is 5.43. The largest absolute Gasteiger partial charge is 0.454 e. The van der Waals surface area contributed by atoms with Crippen LogP contribution in [0.25, 0.3) is 0 Å². The molecule has 0 aliphatic carbocycles. The maximum atomic E-state index is 13.3. The number of benzene rings is 3. The van der Waals surface area contributed by atoms with Crippen molar-refractivity contribution in [2.45, 2.75) is 39.5 Å². The van der Waals surface area contributed by atoms with E-state index in [1.165, 1.54) is 6.07 Å². The number of rotatable bonds is 3. The van der Waals surface area contributed by atoms with E-state index in [1.807, 2.05) is 34.6 Å². The number of hydrogen-bond acceptors (Lipinski definition) is 4. The Balaban J connectivity index is 1.73. The summed E-state index contributed by atoms with van der Waals surface area (Å²) in [7, 11) is -3.89. The van der Waals surface area contributed by atoms with E-state index in [2.05, 4.69) is 10.0 Å². The van der Waals surface area contributed by atoms with Crippen LogP contribution in [0.15, 0.2) is 41.3 Å². The molecule has 6 nitrogen and oxygen atoms in total. The highest BCUT2D eigenvalue weighted by Crippen LogP contribution is 2.38. The van der Waals surface area contributed by atoms with Crippen molar-refractivity contribution in [1.29, 1.82) is 0 Å². The van der Waals surface area contributed by atoms with E-state index >= 15 is 0 Å². The van der Waals surface area contributed by atoms with Crippen molar-refractivity contribution in [2.75, 3.05) is 10.0 Å². The Morgan fingerprint density at radius 2 is 1.44 bits per heavy atom. The summed E-state index contributed by atoms with van der Waals surface area (Å²) in [6, 6.07) is 9.53. The average molecular weight is 471 g/mol. The topological polar surface area (TPSA) is 84.5 Å². The monoisotopic (exact) mass is 470 g/mol. The first-order chi connectivity index (χ1) is 15.0. The predicted molar refractivity (Wildman–Crippen MR) is 127 cm³/mol. The Morgan fingerprint density at radius 1 is 0.844 bits per heavy atom. The molecule has 0 aromatic heterocycles. The van der Waals surface area contributed by atoms with Crippen LogP contribution in [0, 0.1) is 34.6 Å². The highest BCUT2D eigenvalue weighted by atomic mass is 35.5. The van der Waals surface area contributed by atoms with Gasteiger partial charge in [0.1, 0.15) is 5.75 Å². The molecule has 0 unspecified atom stereocenters. The molecule has 0 saturated heterocycles. The minimum atomic E-state index is -3.89. The first-order valence-electron chi connectivity index (χ1n) is 10.0. The summed E-state index contributed by atoms with van der Waals surface area (Å²) in [5.74, 6) is 0.351. The maximum absolute atomic E-state index is 13.3. The van der Waals surface area contributed by atoms with Gasteiger partial charge in [0.05, 0.1) is 16.1 Å². The minimum absolute atomic E-state index is 0.210. The SMILES string of the molecule is Cc1c(C)c(C)c(S(=O)(=O)Nc2ccc3c(c2)C(=O)Nc2cc(Cl)ccc2O3)c(C)c1C. The van der Waals surface area contributed by atoms with Gasteiger partial charge in [-0.3, -0.25) is 9.52 Å². The van der Waals surface area contributed by atoms with Crippen molar-refractivity contribution < 1.29 is 17.9 Å². The van der Waals surface area contributed by atoms with Crippen LogP contribution in [0.4, 0.5) is 11.4 Å². The number of fused-ring (bicyclic) bond motifs is 2. The third-order valence-electron chi connectivity index (χ3n) is 6.09. The zero-order valence-electron chi connectivity index (χ0n) is 18.4. The molecule has 4 rings (SSSR count). The fourth-order valence-corrected chi connectivity index (χ4v) is 5.76. The quantitative estimate of drug-likeness (QED) is 0.488. The van der Waals surface area contributed by atoms with Gasteiger partial charge in [0, 0.05) is 10.7 Å². The molecular formula is C24H23ClN2O4S. The van der Waals surface area contributed by atoms with Crippen molar-refractivity contribution in [1.82, 2.24) is 0 Å².